The molecule has 1 nitrogen and oxygen atoms in total. The van der Waals surface area contributed by atoms with E-state index in [1.54, 1.807) is 0 Å². The number of hydrogen-bond acceptors (Lipinski definition) is 1. The summed E-state index contributed by atoms with van der Waals surface area (Å²) in [4.78, 5) is 0. The second kappa shape index (κ2) is 5.36. The Bertz CT molecular complexity index is 125. The lowest BCUT2D eigenvalue weighted by Gasteiger charge is -2.29. The van der Waals surface area contributed by atoms with E-state index >= 15 is 0 Å². The molecule has 1 rings (SSSR count). The molecule has 0 spiro atoms. The van der Waals surface area contributed by atoms with Crippen LogP contribution in [0.2, 0.25) is 0 Å². The first-order chi connectivity index (χ1) is 5.88. The van der Waals surface area contributed by atoms with Gasteiger partial charge in [-0.15, -0.1) is 6.58 Å². The maximum atomic E-state index is 3.80. The Hall–Kier alpha value is -0.300. The first-order valence-corrected chi connectivity index (χ1v) is 5.16. The molecule has 1 saturated carbocycles. The van der Waals surface area contributed by atoms with Crippen molar-refractivity contribution in [2.75, 3.05) is 7.05 Å². The van der Waals surface area contributed by atoms with E-state index < -0.39 is 0 Å². The molecule has 0 aliphatic heterocycles. The summed E-state index contributed by atoms with van der Waals surface area (Å²) in [7, 11) is 2.07. The van der Waals surface area contributed by atoms with Crippen LogP contribution in [0, 0.1) is 5.92 Å². The van der Waals surface area contributed by atoms with Gasteiger partial charge in [-0.05, 0) is 32.2 Å². The molecule has 1 aliphatic rings. The molecule has 0 radical (unpaired) electrons. The summed E-state index contributed by atoms with van der Waals surface area (Å²) < 4.78 is 0. The summed E-state index contributed by atoms with van der Waals surface area (Å²) in [6.45, 7) is 3.80. The number of hydrogen-bond donors (Lipinski definition) is 1. The maximum absolute atomic E-state index is 3.80. The van der Waals surface area contributed by atoms with Gasteiger partial charge in [-0.2, -0.15) is 0 Å². The van der Waals surface area contributed by atoms with Crippen LogP contribution in [-0.4, -0.2) is 13.1 Å². The van der Waals surface area contributed by atoms with E-state index in [0.717, 1.165) is 12.3 Å². The zero-order valence-electron chi connectivity index (χ0n) is 8.18. The van der Waals surface area contributed by atoms with Gasteiger partial charge in [-0.3, -0.25) is 0 Å². The number of nitrogens with one attached hydrogen (secondary N) is 1. The molecule has 1 fully saturated rings. The molecule has 1 atom stereocenters. The van der Waals surface area contributed by atoms with Gasteiger partial charge in [0.2, 0.25) is 0 Å². The minimum Gasteiger partial charge on any atom is -0.316 e. The molecule has 1 aliphatic carbocycles. The molecule has 0 saturated heterocycles. The minimum atomic E-state index is 0.683. The van der Waals surface area contributed by atoms with Gasteiger partial charge in [0.15, 0.2) is 0 Å². The monoisotopic (exact) mass is 167 g/mol. The summed E-state index contributed by atoms with van der Waals surface area (Å²) >= 11 is 0. The van der Waals surface area contributed by atoms with Crippen LogP contribution in [0.25, 0.3) is 0 Å². The van der Waals surface area contributed by atoms with Crippen LogP contribution < -0.4 is 5.32 Å². The zero-order chi connectivity index (χ0) is 8.81. The first kappa shape index (κ1) is 9.79. The molecule has 1 N–H and O–H groups in total. The molecular formula is C11H21N. The van der Waals surface area contributed by atoms with Gasteiger partial charge in [-0.25, -0.2) is 0 Å². The largest absolute Gasteiger partial charge is 0.316 e. The molecule has 0 heterocycles. The fourth-order valence-corrected chi connectivity index (χ4v) is 2.26. The van der Waals surface area contributed by atoms with Crippen LogP contribution in [0.4, 0.5) is 0 Å². The van der Waals surface area contributed by atoms with Gasteiger partial charge in [0.05, 0.1) is 0 Å². The average Bonchev–Trinajstić information content (AvgIpc) is 2.15. The van der Waals surface area contributed by atoms with Crippen molar-refractivity contribution in [3.8, 4) is 0 Å². The second-order valence-corrected chi connectivity index (χ2v) is 3.82. The Balaban J connectivity index is 2.34. The summed E-state index contributed by atoms with van der Waals surface area (Å²) in [5, 5.41) is 3.40. The van der Waals surface area contributed by atoms with Crippen LogP contribution in [-0.2, 0) is 0 Å². The van der Waals surface area contributed by atoms with Gasteiger partial charge >= 0.3 is 0 Å². The zero-order valence-corrected chi connectivity index (χ0v) is 8.18. The van der Waals surface area contributed by atoms with E-state index in [1.165, 1.54) is 32.1 Å². The van der Waals surface area contributed by atoms with E-state index in [1.807, 2.05) is 6.08 Å². The van der Waals surface area contributed by atoms with Crippen molar-refractivity contribution in [3.63, 3.8) is 0 Å². The summed E-state index contributed by atoms with van der Waals surface area (Å²) in [5.41, 5.74) is 0. The lowest BCUT2D eigenvalue weighted by atomic mass is 9.83. The van der Waals surface area contributed by atoms with Crippen molar-refractivity contribution in [1.82, 2.24) is 5.32 Å². The smallest absolute Gasteiger partial charge is 0.0127 e. The molecule has 1 heteroatoms. The third kappa shape index (κ3) is 2.63. The van der Waals surface area contributed by atoms with Crippen molar-refractivity contribution in [3.05, 3.63) is 12.7 Å². The highest BCUT2D eigenvalue weighted by Gasteiger charge is 2.20. The lowest BCUT2D eigenvalue weighted by Crippen LogP contribution is -2.34. The molecule has 1 unspecified atom stereocenters. The topological polar surface area (TPSA) is 12.0 Å². The van der Waals surface area contributed by atoms with Crippen LogP contribution in [0.1, 0.15) is 38.5 Å². The molecule has 0 aromatic rings. The maximum Gasteiger partial charge on any atom is 0.0127 e. The quantitative estimate of drug-likeness (QED) is 0.635. The molecule has 0 bridgehead atoms. The van der Waals surface area contributed by atoms with E-state index in [-0.39, 0.29) is 0 Å². The molecule has 0 amide bonds. The fraction of sp³-hybridized carbons (Fsp3) is 0.818. The van der Waals surface area contributed by atoms with Gasteiger partial charge in [-0.1, -0.05) is 25.3 Å². The van der Waals surface area contributed by atoms with E-state index in [4.69, 9.17) is 0 Å². The van der Waals surface area contributed by atoms with Crippen molar-refractivity contribution >= 4 is 0 Å². The molecule has 12 heavy (non-hydrogen) atoms. The summed E-state index contributed by atoms with van der Waals surface area (Å²) in [6.07, 6.45) is 10.3. The van der Waals surface area contributed by atoms with Gasteiger partial charge in [0.1, 0.15) is 0 Å². The Labute approximate surface area is 76.2 Å². The van der Waals surface area contributed by atoms with E-state index in [9.17, 15) is 0 Å². The normalized spacial score (nSPS) is 22.1. The fourth-order valence-electron chi connectivity index (χ4n) is 2.26. The van der Waals surface area contributed by atoms with Crippen molar-refractivity contribution in [2.24, 2.45) is 5.92 Å². The predicted molar refractivity (Wildman–Crippen MR) is 54.2 cm³/mol. The van der Waals surface area contributed by atoms with Crippen LogP contribution >= 0.6 is 0 Å². The summed E-state index contributed by atoms with van der Waals surface area (Å²) in [5.74, 6) is 0.904. The Morgan fingerprint density at radius 2 is 2.08 bits per heavy atom. The molecular weight excluding hydrogens is 146 g/mol. The van der Waals surface area contributed by atoms with Crippen LogP contribution in [0.15, 0.2) is 12.7 Å². The minimum absolute atomic E-state index is 0.683. The Morgan fingerprint density at radius 3 is 2.58 bits per heavy atom. The SMILES string of the molecule is C=CCC(NC)C1CCCCC1. The third-order valence-electron chi connectivity index (χ3n) is 3.01. The highest BCUT2D eigenvalue weighted by Crippen LogP contribution is 2.27. The highest BCUT2D eigenvalue weighted by molar-refractivity contribution is 4.84. The predicted octanol–water partition coefficient (Wildman–Crippen LogP) is 2.73. The standard InChI is InChI=1S/C11H21N/c1-3-7-11(12-2)10-8-5-4-6-9-10/h3,10-12H,1,4-9H2,2H3. The van der Waals surface area contributed by atoms with E-state index in [0.29, 0.717) is 6.04 Å². The number of rotatable bonds is 4. The average molecular weight is 167 g/mol. The second-order valence-electron chi connectivity index (χ2n) is 3.82. The van der Waals surface area contributed by atoms with Crippen molar-refractivity contribution in [1.29, 1.82) is 0 Å². The van der Waals surface area contributed by atoms with E-state index in [2.05, 4.69) is 18.9 Å². The van der Waals surface area contributed by atoms with Crippen molar-refractivity contribution < 1.29 is 0 Å². The molecule has 70 valence electrons. The highest BCUT2D eigenvalue weighted by atomic mass is 14.9. The van der Waals surface area contributed by atoms with Crippen LogP contribution in [0.5, 0.6) is 0 Å². The lowest BCUT2D eigenvalue weighted by molar-refractivity contribution is 0.279. The van der Waals surface area contributed by atoms with Gasteiger partial charge in [0, 0.05) is 6.04 Å². The Kier molecular flexibility index (Phi) is 4.37. The third-order valence-corrected chi connectivity index (χ3v) is 3.01. The Morgan fingerprint density at radius 1 is 1.42 bits per heavy atom. The molecule has 0 aromatic carbocycles. The first-order valence-electron chi connectivity index (χ1n) is 5.16. The van der Waals surface area contributed by atoms with Crippen LogP contribution in [0.3, 0.4) is 0 Å². The van der Waals surface area contributed by atoms with Gasteiger partial charge in [0.25, 0.3) is 0 Å². The summed E-state index contributed by atoms with van der Waals surface area (Å²) in [6, 6.07) is 0.683. The van der Waals surface area contributed by atoms with Crippen molar-refractivity contribution in [2.45, 2.75) is 44.6 Å². The molecule has 0 aromatic heterocycles. The van der Waals surface area contributed by atoms with Gasteiger partial charge < -0.3 is 5.32 Å².